The van der Waals surface area contributed by atoms with Crippen LogP contribution in [-0.4, -0.2) is 0 Å². The Hall–Kier alpha value is -2.42. The highest BCUT2D eigenvalue weighted by atomic mass is 33.1. The van der Waals surface area contributed by atoms with Gasteiger partial charge in [0.25, 0.3) is 0 Å². The average molecular weight is 371 g/mol. The van der Waals surface area contributed by atoms with Gasteiger partial charge in [0, 0.05) is 9.79 Å². The molecular weight excluding hydrogens is 352 g/mol. The first-order valence-electron chi connectivity index (χ1n) is 8.54. The van der Waals surface area contributed by atoms with Crippen LogP contribution < -0.4 is 0 Å². The predicted molar refractivity (Wildman–Crippen MR) is 115 cm³/mol. The summed E-state index contributed by atoms with van der Waals surface area (Å²) in [5.41, 5.74) is 5.03. The smallest absolute Gasteiger partial charge is 0.0192 e. The van der Waals surface area contributed by atoms with Crippen LogP contribution in [0.15, 0.2) is 119 Å². The Balaban J connectivity index is 1.50. The first-order valence-corrected chi connectivity index (χ1v) is 10.7. The van der Waals surface area contributed by atoms with Crippen molar-refractivity contribution >= 4 is 21.6 Å². The van der Waals surface area contributed by atoms with Crippen molar-refractivity contribution in [2.75, 3.05) is 0 Å². The maximum atomic E-state index is 2.26. The van der Waals surface area contributed by atoms with E-state index in [1.54, 1.807) is 21.6 Å². The molecule has 0 aliphatic rings. The lowest BCUT2D eigenvalue weighted by Crippen LogP contribution is -1.78. The van der Waals surface area contributed by atoms with Crippen LogP contribution in [0.5, 0.6) is 0 Å². The minimum absolute atomic E-state index is 1.26. The van der Waals surface area contributed by atoms with E-state index >= 15 is 0 Å². The molecule has 0 atom stereocenters. The molecule has 0 radical (unpaired) electrons. The number of benzene rings is 4. The molecule has 0 nitrogen and oxygen atoms in total. The Morgan fingerprint density at radius 1 is 0.346 bits per heavy atom. The number of hydrogen-bond donors (Lipinski definition) is 0. The summed E-state index contributed by atoms with van der Waals surface area (Å²) in [4.78, 5) is 2.53. The molecule has 4 aromatic carbocycles. The normalized spacial score (nSPS) is 10.6. The number of rotatable bonds is 5. The monoisotopic (exact) mass is 370 g/mol. The molecule has 0 aromatic heterocycles. The van der Waals surface area contributed by atoms with Gasteiger partial charge in [-0.25, -0.2) is 0 Å². The van der Waals surface area contributed by atoms with Crippen LogP contribution in [0, 0.1) is 0 Å². The molecule has 0 saturated heterocycles. The molecule has 0 aliphatic heterocycles. The van der Waals surface area contributed by atoms with Crippen LogP contribution in [0.3, 0.4) is 0 Å². The summed E-state index contributed by atoms with van der Waals surface area (Å²) < 4.78 is 0. The molecule has 0 N–H and O–H groups in total. The molecule has 0 heterocycles. The van der Waals surface area contributed by atoms with Crippen molar-refractivity contribution in [3.05, 3.63) is 109 Å². The summed E-state index contributed by atoms with van der Waals surface area (Å²) in [6, 6.07) is 38.5. The average Bonchev–Trinajstić information content (AvgIpc) is 2.74. The minimum atomic E-state index is 1.26. The van der Waals surface area contributed by atoms with Gasteiger partial charge in [0.15, 0.2) is 0 Å². The molecule has 0 saturated carbocycles. The molecule has 2 heteroatoms. The van der Waals surface area contributed by atoms with Crippen molar-refractivity contribution in [3.63, 3.8) is 0 Å². The lowest BCUT2D eigenvalue weighted by molar-refractivity contribution is 1.46. The Morgan fingerprint density at radius 3 is 1.15 bits per heavy atom. The topological polar surface area (TPSA) is 0 Å². The second kappa shape index (κ2) is 8.31. The standard InChI is InChI=1S/C24H18S2/c1-3-9-19(10-4-1)21-13-7-15-23(17-21)25-26-24-16-8-14-22(18-24)20-11-5-2-6-12-20/h1-18H. The van der Waals surface area contributed by atoms with Crippen LogP contribution in [0.1, 0.15) is 0 Å². The SMILES string of the molecule is c1ccc(-c2cccc(SSc3cccc(-c4ccccc4)c3)c2)cc1. The second-order valence-electron chi connectivity index (χ2n) is 5.95. The number of hydrogen-bond acceptors (Lipinski definition) is 2. The third kappa shape index (κ3) is 4.21. The third-order valence-electron chi connectivity index (χ3n) is 4.12. The zero-order valence-electron chi connectivity index (χ0n) is 14.2. The molecule has 0 aliphatic carbocycles. The third-order valence-corrected chi connectivity index (χ3v) is 6.50. The van der Waals surface area contributed by atoms with Gasteiger partial charge in [0.2, 0.25) is 0 Å². The summed E-state index contributed by atoms with van der Waals surface area (Å²) in [5.74, 6) is 0. The van der Waals surface area contributed by atoms with Crippen LogP contribution in [0.2, 0.25) is 0 Å². The fourth-order valence-corrected chi connectivity index (χ4v) is 4.82. The Morgan fingerprint density at radius 2 is 0.731 bits per heavy atom. The van der Waals surface area contributed by atoms with Crippen molar-refractivity contribution < 1.29 is 0 Å². The van der Waals surface area contributed by atoms with Crippen molar-refractivity contribution in [2.45, 2.75) is 9.79 Å². The van der Waals surface area contributed by atoms with Gasteiger partial charge in [-0.05, 0) is 46.5 Å². The zero-order chi connectivity index (χ0) is 17.6. The molecule has 0 bridgehead atoms. The van der Waals surface area contributed by atoms with Crippen molar-refractivity contribution in [2.24, 2.45) is 0 Å². The van der Waals surface area contributed by atoms with E-state index in [0.29, 0.717) is 0 Å². The minimum Gasteiger partial charge on any atom is -0.0622 e. The van der Waals surface area contributed by atoms with E-state index in [0.717, 1.165) is 0 Å². The highest BCUT2D eigenvalue weighted by molar-refractivity contribution is 8.76. The van der Waals surface area contributed by atoms with Gasteiger partial charge in [0.1, 0.15) is 0 Å². The lowest BCUT2D eigenvalue weighted by atomic mass is 10.1. The second-order valence-corrected chi connectivity index (χ2v) is 8.23. The van der Waals surface area contributed by atoms with E-state index in [2.05, 4.69) is 109 Å². The summed E-state index contributed by atoms with van der Waals surface area (Å²) in [7, 11) is 3.61. The largest absolute Gasteiger partial charge is 0.0622 e. The molecular formula is C24H18S2. The van der Waals surface area contributed by atoms with Crippen LogP contribution in [0.4, 0.5) is 0 Å². The highest BCUT2D eigenvalue weighted by Gasteiger charge is 2.03. The summed E-state index contributed by atoms with van der Waals surface area (Å²) in [6.45, 7) is 0. The first kappa shape index (κ1) is 17.0. The van der Waals surface area contributed by atoms with E-state index in [1.165, 1.54) is 32.0 Å². The first-order chi connectivity index (χ1) is 12.9. The lowest BCUT2D eigenvalue weighted by Gasteiger charge is -2.07. The van der Waals surface area contributed by atoms with E-state index in [1.807, 2.05) is 0 Å². The molecule has 0 spiro atoms. The van der Waals surface area contributed by atoms with Gasteiger partial charge >= 0.3 is 0 Å². The van der Waals surface area contributed by atoms with Gasteiger partial charge in [-0.15, -0.1) is 0 Å². The Labute approximate surface area is 162 Å². The molecule has 4 aromatic rings. The molecule has 126 valence electrons. The van der Waals surface area contributed by atoms with Gasteiger partial charge in [-0.1, -0.05) is 107 Å². The van der Waals surface area contributed by atoms with Crippen LogP contribution in [-0.2, 0) is 0 Å². The van der Waals surface area contributed by atoms with Crippen molar-refractivity contribution in [3.8, 4) is 22.3 Å². The fourth-order valence-electron chi connectivity index (χ4n) is 2.81. The molecule has 0 unspecified atom stereocenters. The van der Waals surface area contributed by atoms with Gasteiger partial charge < -0.3 is 0 Å². The molecule has 0 amide bonds. The van der Waals surface area contributed by atoms with Crippen LogP contribution >= 0.6 is 21.6 Å². The predicted octanol–water partition coefficient (Wildman–Crippen LogP) is 7.82. The highest BCUT2D eigenvalue weighted by Crippen LogP contribution is 2.39. The van der Waals surface area contributed by atoms with Crippen molar-refractivity contribution in [1.82, 2.24) is 0 Å². The van der Waals surface area contributed by atoms with Crippen molar-refractivity contribution in [1.29, 1.82) is 0 Å². The molecule has 4 rings (SSSR count). The summed E-state index contributed by atoms with van der Waals surface area (Å²) in [6.07, 6.45) is 0. The Kier molecular flexibility index (Phi) is 5.44. The molecule has 0 fully saturated rings. The van der Waals surface area contributed by atoms with E-state index in [9.17, 15) is 0 Å². The van der Waals surface area contributed by atoms with E-state index in [-0.39, 0.29) is 0 Å². The molecule has 26 heavy (non-hydrogen) atoms. The Bertz CT molecular complexity index is 896. The maximum Gasteiger partial charge on any atom is 0.0192 e. The van der Waals surface area contributed by atoms with E-state index in [4.69, 9.17) is 0 Å². The summed E-state index contributed by atoms with van der Waals surface area (Å²) >= 11 is 0. The van der Waals surface area contributed by atoms with Gasteiger partial charge in [-0.3, -0.25) is 0 Å². The van der Waals surface area contributed by atoms with E-state index < -0.39 is 0 Å². The summed E-state index contributed by atoms with van der Waals surface area (Å²) in [5, 5.41) is 0. The van der Waals surface area contributed by atoms with Crippen LogP contribution in [0.25, 0.3) is 22.3 Å². The van der Waals surface area contributed by atoms with Gasteiger partial charge in [-0.2, -0.15) is 0 Å². The zero-order valence-corrected chi connectivity index (χ0v) is 15.8. The van der Waals surface area contributed by atoms with Gasteiger partial charge in [0.05, 0.1) is 0 Å². The fraction of sp³-hybridized carbons (Fsp3) is 0. The quantitative estimate of drug-likeness (QED) is 0.328. The maximum absolute atomic E-state index is 2.26.